The number of thioether (sulfide) groups is 1. The molecule has 0 radical (unpaired) electrons. The van der Waals surface area contributed by atoms with Crippen molar-refractivity contribution < 1.29 is 14.9 Å². The van der Waals surface area contributed by atoms with Gasteiger partial charge in [0, 0.05) is 23.4 Å². The molecule has 1 fully saturated rings. The third-order valence-electron chi connectivity index (χ3n) is 3.52. The van der Waals surface area contributed by atoms with Crippen molar-refractivity contribution in [2.45, 2.75) is 44.0 Å². The topological polar surface area (TPSA) is 105 Å². The number of aliphatic hydroxyl groups is 2. The van der Waals surface area contributed by atoms with Crippen molar-refractivity contribution >= 4 is 11.8 Å². The van der Waals surface area contributed by atoms with Gasteiger partial charge in [0.1, 0.15) is 18.4 Å². The molecule has 1 aromatic rings. The fraction of sp³-hybridized carbons (Fsp3) is 0.692. The summed E-state index contributed by atoms with van der Waals surface area (Å²) in [7, 11) is 0. The number of nitrogens with zero attached hydrogens (tertiary/aromatic N) is 1. The molecule has 0 amide bonds. The van der Waals surface area contributed by atoms with Crippen LogP contribution in [0.1, 0.15) is 25.1 Å². The zero-order valence-corrected chi connectivity index (χ0v) is 12.8. The molecule has 1 saturated heterocycles. The number of H-pyrrole nitrogens is 1. The maximum Gasteiger partial charge on any atom is 0.330 e. The minimum absolute atomic E-state index is 0.0127. The monoisotopic (exact) mass is 316 g/mol. The highest BCUT2D eigenvalue weighted by molar-refractivity contribution is 7.99. The molecule has 1 aliphatic rings. The molecule has 7 nitrogen and oxygen atoms in total. The van der Waals surface area contributed by atoms with E-state index in [0.717, 1.165) is 5.75 Å². The van der Waals surface area contributed by atoms with Gasteiger partial charge in [0.05, 0.1) is 6.61 Å². The van der Waals surface area contributed by atoms with E-state index in [1.54, 1.807) is 18.7 Å². The predicted molar refractivity (Wildman–Crippen MR) is 79.6 cm³/mol. The average Bonchev–Trinajstić information content (AvgIpc) is 2.86. The van der Waals surface area contributed by atoms with E-state index in [4.69, 9.17) is 9.84 Å². The van der Waals surface area contributed by atoms with Crippen LogP contribution in [0.4, 0.5) is 0 Å². The third-order valence-corrected chi connectivity index (χ3v) is 4.74. The molecular formula is C13H20N2O5S. The Labute approximate surface area is 126 Å². The molecule has 3 N–H and O–H groups in total. The third kappa shape index (κ3) is 3.39. The van der Waals surface area contributed by atoms with Crippen molar-refractivity contribution in [2.24, 2.45) is 0 Å². The Morgan fingerprint density at radius 1 is 1.57 bits per heavy atom. The van der Waals surface area contributed by atoms with Crippen LogP contribution in [0.5, 0.6) is 0 Å². The summed E-state index contributed by atoms with van der Waals surface area (Å²) in [4.78, 5) is 25.5. The maximum atomic E-state index is 11.9. The zero-order valence-electron chi connectivity index (χ0n) is 12.0. The van der Waals surface area contributed by atoms with Gasteiger partial charge in [-0.15, -0.1) is 0 Å². The summed E-state index contributed by atoms with van der Waals surface area (Å²) in [5.41, 5.74) is -0.528. The second-order valence-corrected chi connectivity index (χ2v) is 6.53. The molecule has 2 heterocycles. The van der Waals surface area contributed by atoms with Crippen LogP contribution in [0.3, 0.4) is 0 Å². The second kappa shape index (κ2) is 6.78. The first kappa shape index (κ1) is 16.3. The number of rotatable bonds is 5. The molecule has 0 bridgehead atoms. The number of aryl methyl sites for hydroxylation is 1. The molecule has 0 saturated carbocycles. The Bertz CT molecular complexity index is 599. The molecule has 2 rings (SSSR count). The van der Waals surface area contributed by atoms with Crippen LogP contribution in [-0.2, 0) is 4.74 Å². The highest BCUT2D eigenvalue weighted by Crippen LogP contribution is 2.36. The summed E-state index contributed by atoms with van der Waals surface area (Å²) in [6, 6.07) is 0. The molecule has 0 aliphatic carbocycles. The first-order chi connectivity index (χ1) is 9.97. The van der Waals surface area contributed by atoms with Gasteiger partial charge in [-0.05, 0) is 12.7 Å². The Balaban J connectivity index is 2.28. The van der Waals surface area contributed by atoms with E-state index in [0.29, 0.717) is 12.0 Å². The number of hydrogen-bond acceptors (Lipinski definition) is 6. The fourth-order valence-electron chi connectivity index (χ4n) is 2.46. The van der Waals surface area contributed by atoms with Gasteiger partial charge < -0.3 is 14.9 Å². The molecule has 1 aliphatic heterocycles. The van der Waals surface area contributed by atoms with E-state index >= 15 is 0 Å². The Hall–Kier alpha value is -1.09. The van der Waals surface area contributed by atoms with Crippen LogP contribution >= 0.6 is 11.8 Å². The van der Waals surface area contributed by atoms with Crippen LogP contribution in [0.15, 0.2) is 15.8 Å². The molecule has 0 spiro atoms. The lowest BCUT2D eigenvalue weighted by molar-refractivity contribution is -0.0741. The summed E-state index contributed by atoms with van der Waals surface area (Å²) in [5, 5.41) is 19.0. The van der Waals surface area contributed by atoms with Gasteiger partial charge in [-0.25, -0.2) is 4.79 Å². The smallest absolute Gasteiger partial charge is 0.330 e. The standard InChI is InChI=1S/C13H20N2O5S/c1-3-21-9-4-10(20-11(9)8(17)6-16)15-5-7(2)12(18)14-13(15)19/h5,8-11,16-17H,3-4,6H2,1-2H3,(H,14,18,19)/t8-,9-,10?,11-/m1/s1. The lowest BCUT2D eigenvalue weighted by atomic mass is 10.1. The Morgan fingerprint density at radius 3 is 2.90 bits per heavy atom. The number of aromatic amines is 1. The lowest BCUT2D eigenvalue weighted by Gasteiger charge is -2.21. The number of aromatic nitrogens is 2. The van der Waals surface area contributed by atoms with E-state index in [2.05, 4.69) is 4.98 Å². The van der Waals surface area contributed by atoms with Crippen molar-refractivity contribution in [1.29, 1.82) is 0 Å². The van der Waals surface area contributed by atoms with Crippen LogP contribution in [-0.4, -0.2) is 49.6 Å². The van der Waals surface area contributed by atoms with E-state index < -0.39 is 36.3 Å². The molecule has 118 valence electrons. The number of hydrogen-bond donors (Lipinski definition) is 3. The Kier molecular flexibility index (Phi) is 5.26. The summed E-state index contributed by atoms with van der Waals surface area (Å²) >= 11 is 1.62. The van der Waals surface area contributed by atoms with Crippen molar-refractivity contribution in [2.75, 3.05) is 12.4 Å². The van der Waals surface area contributed by atoms with Crippen molar-refractivity contribution in [1.82, 2.24) is 9.55 Å². The van der Waals surface area contributed by atoms with E-state index in [1.165, 1.54) is 10.8 Å². The number of ether oxygens (including phenoxy) is 1. The van der Waals surface area contributed by atoms with Gasteiger partial charge >= 0.3 is 5.69 Å². The molecule has 4 atom stereocenters. The fourth-order valence-corrected chi connectivity index (χ4v) is 3.62. The van der Waals surface area contributed by atoms with Gasteiger partial charge in [0.2, 0.25) is 0 Å². The van der Waals surface area contributed by atoms with Crippen LogP contribution < -0.4 is 11.2 Å². The number of nitrogens with one attached hydrogen (secondary N) is 1. The first-order valence-corrected chi connectivity index (χ1v) is 7.90. The van der Waals surface area contributed by atoms with Gasteiger partial charge in [-0.3, -0.25) is 14.3 Å². The molecular weight excluding hydrogens is 296 g/mol. The van der Waals surface area contributed by atoms with E-state index in [-0.39, 0.29) is 5.25 Å². The summed E-state index contributed by atoms with van der Waals surface area (Å²) < 4.78 is 7.09. The molecule has 1 unspecified atom stereocenters. The summed E-state index contributed by atoms with van der Waals surface area (Å²) in [5.74, 6) is 0.842. The minimum atomic E-state index is -0.987. The Morgan fingerprint density at radius 2 is 2.29 bits per heavy atom. The van der Waals surface area contributed by atoms with E-state index in [1.807, 2.05) is 6.92 Å². The normalized spacial score (nSPS) is 27.0. The van der Waals surface area contributed by atoms with Crippen LogP contribution in [0.25, 0.3) is 0 Å². The van der Waals surface area contributed by atoms with Crippen molar-refractivity contribution in [3.05, 3.63) is 32.6 Å². The highest BCUT2D eigenvalue weighted by Gasteiger charge is 2.40. The van der Waals surface area contributed by atoms with Gasteiger partial charge in [-0.2, -0.15) is 11.8 Å². The summed E-state index contributed by atoms with van der Waals surface area (Å²) in [6.45, 7) is 3.22. The summed E-state index contributed by atoms with van der Waals surface area (Å²) in [6.07, 6.45) is -0.0789. The molecule has 8 heteroatoms. The van der Waals surface area contributed by atoms with Gasteiger partial charge in [0.25, 0.3) is 5.56 Å². The van der Waals surface area contributed by atoms with E-state index in [9.17, 15) is 14.7 Å². The van der Waals surface area contributed by atoms with Crippen molar-refractivity contribution in [3.8, 4) is 0 Å². The van der Waals surface area contributed by atoms with Gasteiger partial charge in [0.15, 0.2) is 0 Å². The predicted octanol–water partition coefficient (Wildman–Crippen LogP) is -0.393. The maximum absolute atomic E-state index is 11.9. The van der Waals surface area contributed by atoms with Crippen molar-refractivity contribution in [3.63, 3.8) is 0 Å². The van der Waals surface area contributed by atoms with Crippen LogP contribution in [0.2, 0.25) is 0 Å². The zero-order chi connectivity index (χ0) is 15.6. The first-order valence-electron chi connectivity index (χ1n) is 6.86. The molecule has 21 heavy (non-hydrogen) atoms. The quantitative estimate of drug-likeness (QED) is 0.683. The molecule has 1 aromatic heterocycles. The molecule has 0 aromatic carbocycles. The van der Waals surface area contributed by atoms with Gasteiger partial charge in [-0.1, -0.05) is 6.92 Å². The lowest BCUT2D eigenvalue weighted by Crippen LogP contribution is -2.36. The van der Waals surface area contributed by atoms with Crippen LogP contribution in [0, 0.1) is 6.92 Å². The largest absolute Gasteiger partial charge is 0.394 e. The minimum Gasteiger partial charge on any atom is -0.394 e. The number of aliphatic hydroxyl groups excluding tert-OH is 2. The average molecular weight is 316 g/mol. The SMILES string of the molecule is CCS[C@@H]1CC(n2cc(C)c(=O)[nH]c2=O)O[C@@H]1[C@H](O)CO. The second-order valence-electron chi connectivity index (χ2n) is 5.01. The highest BCUT2D eigenvalue weighted by atomic mass is 32.2.